The normalized spacial score (nSPS) is 13.0. The highest BCUT2D eigenvalue weighted by Crippen LogP contribution is 2.28. The molecule has 0 radical (unpaired) electrons. The molecular formula is C25H21NO5. The van der Waals surface area contributed by atoms with Crippen LogP contribution in [0.15, 0.2) is 60.7 Å². The highest BCUT2D eigenvalue weighted by molar-refractivity contribution is 6.04. The number of rotatable bonds is 6. The number of benzene rings is 3. The Kier molecular flexibility index (Phi) is 5.54. The number of Topliss-reactive ketones (excluding diaryl/α,β-unsaturated/α-hetero) is 1. The van der Waals surface area contributed by atoms with Gasteiger partial charge in [0.1, 0.15) is 5.75 Å². The van der Waals surface area contributed by atoms with Crippen LogP contribution in [-0.4, -0.2) is 38.4 Å². The van der Waals surface area contributed by atoms with Crippen LogP contribution in [0.1, 0.15) is 21.5 Å². The Balaban J connectivity index is 1.36. The lowest BCUT2D eigenvalue weighted by atomic mass is 10.1. The maximum absolute atomic E-state index is 12.4. The van der Waals surface area contributed by atoms with Crippen molar-refractivity contribution in [3.63, 3.8) is 0 Å². The predicted octanol–water partition coefficient (Wildman–Crippen LogP) is 3.81. The van der Waals surface area contributed by atoms with Gasteiger partial charge in [0, 0.05) is 24.4 Å². The van der Waals surface area contributed by atoms with Crippen molar-refractivity contribution in [1.82, 2.24) is 0 Å². The summed E-state index contributed by atoms with van der Waals surface area (Å²) in [6.07, 6.45) is 3.22. The van der Waals surface area contributed by atoms with E-state index in [1.54, 1.807) is 43.3 Å². The van der Waals surface area contributed by atoms with Gasteiger partial charge in [-0.2, -0.15) is 0 Å². The van der Waals surface area contributed by atoms with E-state index in [0.29, 0.717) is 5.56 Å². The van der Waals surface area contributed by atoms with E-state index in [0.717, 1.165) is 33.3 Å². The highest BCUT2D eigenvalue weighted by Gasteiger charge is 2.24. The average molecular weight is 415 g/mol. The fourth-order valence-electron chi connectivity index (χ4n) is 3.55. The van der Waals surface area contributed by atoms with Crippen molar-refractivity contribution in [2.24, 2.45) is 0 Å². The minimum atomic E-state index is -0.598. The molecule has 6 heteroatoms. The molecule has 0 spiro atoms. The molecule has 0 unspecified atom stereocenters. The summed E-state index contributed by atoms with van der Waals surface area (Å²) in [5.74, 6) is -0.138. The number of hydrogen-bond donors (Lipinski definition) is 0. The molecule has 0 bridgehead atoms. The van der Waals surface area contributed by atoms with E-state index in [1.807, 2.05) is 36.4 Å². The van der Waals surface area contributed by atoms with Crippen LogP contribution in [0, 0.1) is 0 Å². The van der Waals surface area contributed by atoms with Crippen molar-refractivity contribution >= 4 is 40.2 Å². The Morgan fingerprint density at radius 1 is 1.03 bits per heavy atom. The summed E-state index contributed by atoms with van der Waals surface area (Å²) < 4.78 is 10.3. The van der Waals surface area contributed by atoms with Gasteiger partial charge in [0.05, 0.1) is 13.5 Å². The maximum Gasteiger partial charge on any atom is 0.331 e. The van der Waals surface area contributed by atoms with Crippen LogP contribution in [0.2, 0.25) is 0 Å². The Bertz CT molecular complexity index is 1230. The van der Waals surface area contributed by atoms with E-state index in [-0.39, 0.29) is 24.7 Å². The van der Waals surface area contributed by atoms with Gasteiger partial charge in [0.2, 0.25) is 5.91 Å². The minimum Gasteiger partial charge on any atom is -0.497 e. The number of carbonyl (C=O) groups is 3. The number of methoxy groups -OCH3 is 1. The average Bonchev–Trinajstić information content (AvgIpc) is 3.08. The maximum atomic E-state index is 12.4. The first-order valence-electron chi connectivity index (χ1n) is 9.80. The van der Waals surface area contributed by atoms with Crippen molar-refractivity contribution in [2.45, 2.75) is 6.42 Å². The number of esters is 1. The molecule has 0 atom stereocenters. The molecule has 3 aromatic carbocycles. The largest absolute Gasteiger partial charge is 0.497 e. The van der Waals surface area contributed by atoms with E-state index in [1.165, 1.54) is 6.08 Å². The standard InChI is InChI=1S/C25H21NO5/c1-26-22-9-7-19(12-20(22)14-24(26)28)23(27)15-31-25(29)10-4-16-3-5-18-13-21(30-2)8-6-17(18)11-16/h3-13H,14-15H2,1-2H3/b10-4+. The highest BCUT2D eigenvalue weighted by atomic mass is 16.5. The van der Waals surface area contributed by atoms with Crippen molar-refractivity contribution in [2.75, 3.05) is 25.7 Å². The van der Waals surface area contributed by atoms with Crippen LogP contribution in [0.25, 0.3) is 16.8 Å². The van der Waals surface area contributed by atoms with E-state index in [4.69, 9.17) is 9.47 Å². The SMILES string of the molecule is COc1ccc2cc(/C=C/C(=O)OCC(=O)c3ccc4c(c3)CC(=O)N4C)ccc2c1. The fourth-order valence-corrected chi connectivity index (χ4v) is 3.55. The fraction of sp³-hybridized carbons (Fsp3) is 0.160. The summed E-state index contributed by atoms with van der Waals surface area (Å²) in [5, 5.41) is 2.05. The second kappa shape index (κ2) is 8.44. The summed E-state index contributed by atoms with van der Waals surface area (Å²) in [5.41, 5.74) is 2.87. The first-order valence-corrected chi connectivity index (χ1v) is 9.80. The zero-order chi connectivity index (χ0) is 22.0. The third-order valence-corrected chi connectivity index (χ3v) is 5.31. The van der Waals surface area contributed by atoms with Gasteiger partial charge in [-0.25, -0.2) is 4.79 Å². The number of hydrogen-bond acceptors (Lipinski definition) is 5. The zero-order valence-electron chi connectivity index (χ0n) is 17.3. The number of likely N-dealkylation sites (N-methyl/N-ethyl adjacent to an activating group) is 1. The molecule has 1 amide bonds. The summed E-state index contributed by atoms with van der Waals surface area (Å²) in [6.45, 7) is -0.358. The molecule has 0 aromatic heterocycles. The molecule has 0 saturated heterocycles. The number of ether oxygens (including phenoxy) is 2. The molecule has 31 heavy (non-hydrogen) atoms. The lowest BCUT2D eigenvalue weighted by molar-refractivity contribution is -0.136. The van der Waals surface area contributed by atoms with Gasteiger partial charge in [0.15, 0.2) is 12.4 Å². The van der Waals surface area contributed by atoms with Crippen molar-refractivity contribution in [3.8, 4) is 5.75 Å². The van der Waals surface area contributed by atoms with Gasteiger partial charge in [-0.3, -0.25) is 9.59 Å². The number of ketones is 1. The molecule has 0 fully saturated rings. The summed E-state index contributed by atoms with van der Waals surface area (Å²) in [4.78, 5) is 37.8. The van der Waals surface area contributed by atoms with Crippen LogP contribution in [0.4, 0.5) is 5.69 Å². The van der Waals surface area contributed by atoms with E-state index in [9.17, 15) is 14.4 Å². The van der Waals surface area contributed by atoms with Crippen LogP contribution in [0.5, 0.6) is 5.75 Å². The quantitative estimate of drug-likeness (QED) is 0.348. The Labute approximate surface area is 179 Å². The summed E-state index contributed by atoms with van der Waals surface area (Å²) in [7, 11) is 3.33. The number of anilines is 1. The van der Waals surface area contributed by atoms with Gasteiger partial charge < -0.3 is 14.4 Å². The molecule has 3 aromatic rings. The smallest absolute Gasteiger partial charge is 0.331 e. The molecule has 0 aliphatic carbocycles. The molecule has 1 heterocycles. The van der Waals surface area contributed by atoms with E-state index >= 15 is 0 Å². The summed E-state index contributed by atoms with van der Waals surface area (Å²) >= 11 is 0. The van der Waals surface area contributed by atoms with E-state index < -0.39 is 5.97 Å². The number of amides is 1. The first-order chi connectivity index (χ1) is 14.9. The molecule has 156 valence electrons. The van der Waals surface area contributed by atoms with Crippen molar-refractivity contribution in [1.29, 1.82) is 0 Å². The second-order valence-corrected chi connectivity index (χ2v) is 7.31. The van der Waals surface area contributed by atoms with Crippen molar-refractivity contribution < 1.29 is 23.9 Å². The molecule has 1 aliphatic rings. The van der Waals surface area contributed by atoms with E-state index in [2.05, 4.69) is 0 Å². The monoisotopic (exact) mass is 415 g/mol. The van der Waals surface area contributed by atoms with Crippen LogP contribution in [0.3, 0.4) is 0 Å². The minimum absolute atomic E-state index is 0.0102. The van der Waals surface area contributed by atoms with Crippen molar-refractivity contribution in [3.05, 3.63) is 77.4 Å². The zero-order valence-corrected chi connectivity index (χ0v) is 17.3. The molecule has 0 saturated carbocycles. The Morgan fingerprint density at radius 2 is 1.81 bits per heavy atom. The molecule has 1 aliphatic heterocycles. The lowest BCUT2D eigenvalue weighted by Crippen LogP contribution is -2.20. The molecule has 4 rings (SSSR count). The topological polar surface area (TPSA) is 72.9 Å². The van der Waals surface area contributed by atoms with Crippen LogP contribution in [-0.2, 0) is 20.7 Å². The first kappa shape index (κ1) is 20.3. The van der Waals surface area contributed by atoms with Crippen LogP contribution < -0.4 is 9.64 Å². The van der Waals surface area contributed by atoms with Crippen LogP contribution >= 0.6 is 0 Å². The Morgan fingerprint density at radius 3 is 2.61 bits per heavy atom. The van der Waals surface area contributed by atoms with Gasteiger partial charge in [-0.05, 0) is 64.4 Å². The third-order valence-electron chi connectivity index (χ3n) is 5.31. The molecule has 6 nitrogen and oxygen atoms in total. The summed E-state index contributed by atoms with van der Waals surface area (Å²) in [6, 6.07) is 16.6. The van der Waals surface area contributed by atoms with Gasteiger partial charge in [0.25, 0.3) is 0 Å². The third kappa shape index (κ3) is 4.33. The predicted molar refractivity (Wildman–Crippen MR) is 118 cm³/mol. The molecule has 0 N–H and O–H groups in total. The second-order valence-electron chi connectivity index (χ2n) is 7.31. The number of carbonyl (C=O) groups excluding carboxylic acids is 3. The number of nitrogens with zero attached hydrogens (tertiary/aromatic N) is 1. The Hall–Kier alpha value is -3.93. The number of fused-ring (bicyclic) bond motifs is 2. The van der Waals surface area contributed by atoms with Gasteiger partial charge >= 0.3 is 5.97 Å². The van der Waals surface area contributed by atoms with Gasteiger partial charge in [-0.15, -0.1) is 0 Å². The molecular weight excluding hydrogens is 394 g/mol. The lowest BCUT2D eigenvalue weighted by Gasteiger charge is -2.10. The van der Waals surface area contributed by atoms with Gasteiger partial charge in [-0.1, -0.05) is 18.2 Å².